The summed E-state index contributed by atoms with van der Waals surface area (Å²) in [5, 5.41) is 8.73. The van der Waals surface area contributed by atoms with Crippen LogP contribution in [-0.4, -0.2) is 48.2 Å². The molecule has 0 aromatic rings. The molecule has 0 heterocycles. The zero-order valence-electron chi connectivity index (χ0n) is 25.8. The molecule has 0 amide bonds. The van der Waals surface area contributed by atoms with Crippen LogP contribution in [0.5, 0.6) is 0 Å². The molecule has 1 unspecified atom stereocenters. The molecule has 0 spiro atoms. The molecule has 0 radical (unpaired) electrons. The fourth-order valence-electron chi connectivity index (χ4n) is 5.14. The smallest absolute Gasteiger partial charge is 0.306 e. The molecule has 0 saturated heterocycles. The first-order chi connectivity index (χ1) is 18.5. The molecular formula is C33H65NO4. The van der Waals surface area contributed by atoms with Crippen LogP contribution < -0.4 is 0 Å². The first-order valence-electron chi connectivity index (χ1n) is 16.6. The van der Waals surface area contributed by atoms with Gasteiger partial charge in [0.25, 0.3) is 0 Å². The number of unbranched alkanes of at least 4 members (excludes halogenated alkanes) is 17. The van der Waals surface area contributed by atoms with E-state index in [0.717, 1.165) is 58.0 Å². The summed E-state index contributed by atoms with van der Waals surface area (Å²) in [6.45, 7) is 6.39. The van der Waals surface area contributed by atoms with Crippen LogP contribution in [0.3, 0.4) is 0 Å². The van der Waals surface area contributed by atoms with Gasteiger partial charge in [0.1, 0.15) is 6.10 Å². The molecule has 0 aliphatic rings. The number of carboxylic acid groups (broad SMARTS) is 1. The van der Waals surface area contributed by atoms with Gasteiger partial charge in [-0.2, -0.15) is 0 Å². The summed E-state index contributed by atoms with van der Waals surface area (Å²) in [7, 11) is 2.06. The first-order valence-corrected chi connectivity index (χ1v) is 16.6. The van der Waals surface area contributed by atoms with Gasteiger partial charge < -0.3 is 14.7 Å². The van der Waals surface area contributed by atoms with E-state index in [9.17, 15) is 9.59 Å². The lowest BCUT2D eigenvalue weighted by Crippen LogP contribution is -2.21. The number of carbonyl (C=O) groups excluding carboxylic acids is 1. The van der Waals surface area contributed by atoms with Gasteiger partial charge in [-0.15, -0.1) is 0 Å². The van der Waals surface area contributed by atoms with Crippen LogP contribution in [0.15, 0.2) is 0 Å². The summed E-state index contributed by atoms with van der Waals surface area (Å²) >= 11 is 0. The molecule has 1 N–H and O–H groups in total. The van der Waals surface area contributed by atoms with Gasteiger partial charge in [0.05, 0.1) is 0 Å². The van der Waals surface area contributed by atoms with Crippen LogP contribution in [0.25, 0.3) is 0 Å². The van der Waals surface area contributed by atoms with Crippen molar-refractivity contribution < 1.29 is 19.4 Å². The Bertz CT molecular complexity index is 525. The van der Waals surface area contributed by atoms with E-state index < -0.39 is 5.97 Å². The van der Waals surface area contributed by atoms with Crippen LogP contribution in [0, 0.1) is 0 Å². The Labute approximate surface area is 236 Å². The van der Waals surface area contributed by atoms with Crippen LogP contribution in [0.2, 0.25) is 0 Å². The highest BCUT2D eigenvalue weighted by molar-refractivity contribution is 5.69. The molecule has 5 heteroatoms. The van der Waals surface area contributed by atoms with E-state index in [0.29, 0.717) is 12.8 Å². The van der Waals surface area contributed by atoms with Gasteiger partial charge in [-0.05, 0) is 65.1 Å². The molecule has 226 valence electrons. The third-order valence-corrected chi connectivity index (χ3v) is 7.66. The second kappa shape index (κ2) is 28.9. The van der Waals surface area contributed by atoms with E-state index in [4.69, 9.17) is 9.84 Å². The number of nitrogens with zero attached hydrogens (tertiary/aromatic N) is 1. The number of carboxylic acids is 1. The maximum Gasteiger partial charge on any atom is 0.306 e. The zero-order valence-corrected chi connectivity index (χ0v) is 25.8. The lowest BCUT2D eigenvalue weighted by Gasteiger charge is -2.18. The number of hydrogen-bond acceptors (Lipinski definition) is 4. The maximum absolute atomic E-state index is 12.6. The van der Waals surface area contributed by atoms with Gasteiger partial charge in [0, 0.05) is 12.8 Å². The summed E-state index contributed by atoms with van der Waals surface area (Å²) in [6, 6.07) is 0. The second-order valence-corrected chi connectivity index (χ2v) is 11.6. The predicted molar refractivity (Wildman–Crippen MR) is 162 cm³/mol. The number of hydrogen-bond donors (Lipinski definition) is 1. The van der Waals surface area contributed by atoms with Crippen LogP contribution in [-0.2, 0) is 14.3 Å². The molecule has 0 aromatic heterocycles. The summed E-state index contributed by atoms with van der Waals surface area (Å²) in [4.78, 5) is 25.4. The van der Waals surface area contributed by atoms with Gasteiger partial charge in [-0.25, -0.2) is 0 Å². The topological polar surface area (TPSA) is 66.8 Å². The van der Waals surface area contributed by atoms with Crippen LogP contribution in [0.1, 0.15) is 174 Å². The van der Waals surface area contributed by atoms with Crippen LogP contribution >= 0.6 is 0 Å². The quantitative estimate of drug-likeness (QED) is 0.0727. The second-order valence-electron chi connectivity index (χ2n) is 11.6. The Balaban J connectivity index is 4.03. The number of rotatable bonds is 30. The van der Waals surface area contributed by atoms with E-state index in [1.807, 2.05) is 0 Å². The minimum atomic E-state index is -0.714. The minimum Gasteiger partial charge on any atom is -0.481 e. The van der Waals surface area contributed by atoms with Crippen molar-refractivity contribution >= 4 is 11.9 Å². The molecule has 0 bridgehead atoms. The highest BCUT2D eigenvalue weighted by Gasteiger charge is 2.14. The molecule has 1 atom stereocenters. The monoisotopic (exact) mass is 539 g/mol. The van der Waals surface area contributed by atoms with E-state index >= 15 is 0 Å². The Morgan fingerprint density at radius 3 is 1.50 bits per heavy atom. The third-order valence-electron chi connectivity index (χ3n) is 7.66. The summed E-state index contributed by atoms with van der Waals surface area (Å²) < 4.78 is 5.98. The minimum absolute atomic E-state index is 0.00988. The fraction of sp³-hybridized carbons (Fsp3) is 0.939. The van der Waals surface area contributed by atoms with Gasteiger partial charge in [0.2, 0.25) is 0 Å². The Hall–Kier alpha value is -1.10. The molecule has 0 saturated carbocycles. The lowest BCUT2D eigenvalue weighted by molar-refractivity contribution is -0.150. The van der Waals surface area contributed by atoms with E-state index in [-0.39, 0.29) is 18.5 Å². The van der Waals surface area contributed by atoms with E-state index in [1.54, 1.807) is 0 Å². The van der Waals surface area contributed by atoms with Gasteiger partial charge in [-0.1, -0.05) is 117 Å². The summed E-state index contributed by atoms with van der Waals surface area (Å²) in [6.07, 6.45) is 28.8. The lowest BCUT2D eigenvalue weighted by atomic mass is 10.0. The molecule has 0 aromatic carbocycles. The number of esters is 1. The van der Waals surface area contributed by atoms with Crippen molar-refractivity contribution in [3.63, 3.8) is 0 Å². The van der Waals surface area contributed by atoms with Crippen molar-refractivity contribution in [1.82, 2.24) is 4.90 Å². The van der Waals surface area contributed by atoms with Crippen molar-refractivity contribution in [2.75, 3.05) is 20.1 Å². The molecule has 5 nitrogen and oxygen atoms in total. The molecule has 0 aliphatic heterocycles. The molecule has 0 rings (SSSR count). The van der Waals surface area contributed by atoms with Gasteiger partial charge in [0.15, 0.2) is 0 Å². The zero-order chi connectivity index (χ0) is 28.1. The first kappa shape index (κ1) is 36.9. The van der Waals surface area contributed by atoms with E-state index in [1.165, 1.54) is 96.3 Å². The standard InChI is InChI=1S/C33H65NO4/c1-4-6-8-10-12-14-17-21-26-31(25-20-16-13-11-9-7-5-2)38-33(37)28-22-18-15-19-23-29-34(3)30-24-27-32(35)36/h31H,4-30H2,1-3H3,(H,35,36). The number of carbonyl (C=O) groups is 2. The average Bonchev–Trinajstić information content (AvgIpc) is 2.88. The third kappa shape index (κ3) is 27.9. The summed E-state index contributed by atoms with van der Waals surface area (Å²) in [5.41, 5.74) is 0. The fourth-order valence-corrected chi connectivity index (χ4v) is 5.14. The summed E-state index contributed by atoms with van der Waals surface area (Å²) in [5.74, 6) is -0.704. The van der Waals surface area contributed by atoms with Gasteiger partial charge in [-0.3, -0.25) is 9.59 Å². The number of aliphatic carboxylic acids is 1. The molecular weight excluding hydrogens is 474 g/mol. The molecule has 38 heavy (non-hydrogen) atoms. The maximum atomic E-state index is 12.6. The van der Waals surface area contributed by atoms with E-state index in [2.05, 4.69) is 25.8 Å². The van der Waals surface area contributed by atoms with Crippen LogP contribution in [0.4, 0.5) is 0 Å². The Kier molecular flexibility index (Phi) is 28.1. The highest BCUT2D eigenvalue weighted by Crippen LogP contribution is 2.18. The van der Waals surface area contributed by atoms with Crippen molar-refractivity contribution in [2.45, 2.75) is 180 Å². The average molecular weight is 540 g/mol. The van der Waals surface area contributed by atoms with Crippen molar-refractivity contribution in [2.24, 2.45) is 0 Å². The largest absolute Gasteiger partial charge is 0.481 e. The van der Waals surface area contributed by atoms with Crippen molar-refractivity contribution in [3.05, 3.63) is 0 Å². The predicted octanol–water partition coefficient (Wildman–Crippen LogP) is 9.71. The SMILES string of the molecule is CCCCCCCCCCC(CCCCCCCCC)OC(=O)CCCCCCCN(C)CCCC(=O)O. The number of ether oxygens (including phenoxy) is 1. The Morgan fingerprint density at radius 1 is 0.579 bits per heavy atom. The van der Waals surface area contributed by atoms with Crippen molar-refractivity contribution in [3.8, 4) is 0 Å². The van der Waals surface area contributed by atoms with Crippen molar-refractivity contribution in [1.29, 1.82) is 0 Å². The molecule has 0 fully saturated rings. The normalized spacial score (nSPS) is 12.2. The highest BCUT2D eigenvalue weighted by atomic mass is 16.5. The Morgan fingerprint density at radius 2 is 1.00 bits per heavy atom. The molecule has 0 aliphatic carbocycles. The van der Waals surface area contributed by atoms with Gasteiger partial charge >= 0.3 is 11.9 Å².